The van der Waals surface area contributed by atoms with Gasteiger partial charge in [-0.15, -0.1) is 0 Å². The minimum atomic E-state index is -0.579. The molecule has 0 unspecified atom stereocenters. The van der Waals surface area contributed by atoms with Crippen molar-refractivity contribution < 1.29 is 14.0 Å². The molecule has 2 amide bonds. The molecule has 0 aliphatic carbocycles. The minimum absolute atomic E-state index is 0.00807. The average Bonchev–Trinajstić information content (AvgIpc) is 3.05. The molecule has 0 bridgehead atoms. The zero-order valence-corrected chi connectivity index (χ0v) is 16.5. The SMILES string of the molecule is Cc1[nH]c(C2CNC2)nc1C(=O)Nc1ccc(F)c(NC(=O)Cc2ccccc2)c1. The van der Waals surface area contributed by atoms with E-state index >= 15 is 0 Å². The number of imidazole rings is 1. The van der Waals surface area contributed by atoms with Crippen LogP contribution in [0.5, 0.6) is 0 Å². The van der Waals surface area contributed by atoms with E-state index in [1.54, 1.807) is 6.92 Å². The lowest BCUT2D eigenvalue weighted by Crippen LogP contribution is -2.40. The van der Waals surface area contributed by atoms with Gasteiger partial charge in [0, 0.05) is 30.4 Å². The Balaban J connectivity index is 1.44. The fraction of sp³-hybridized carbons (Fsp3) is 0.227. The number of carbonyl (C=O) groups excluding carboxylic acids is 2. The highest BCUT2D eigenvalue weighted by atomic mass is 19.1. The summed E-state index contributed by atoms with van der Waals surface area (Å²) in [5, 5.41) is 8.46. The van der Waals surface area contributed by atoms with E-state index in [1.807, 2.05) is 30.3 Å². The van der Waals surface area contributed by atoms with Crippen LogP contribution in [0, 0.1) is 12.7 Å². The van der Waals surface area contributed by atoms with Crippen molar-refractivity contribution >= 4 is 23.2 Å². The quantitative estimate of drug-likeness (QED) is 0.505. The van der Waals surface area contributed by atoms with Gasteiger partial charge in [0.2, 0.25) is 5.91 Å². The predicted molar refractivity (Wildman–Crippen MR) is 112 cm³/mol. The first-order valence-corrected chi connectivity index (χ1v) is 9.71. The Morgan fingerprint density at radius 2 is 1.90 bits per heavy atom. The predicted octanol–water partition coefficient (Wildman–Crippen LogP) is 2.98. The first-order chi connectivity index (χ1) is 14.5. The maximum Gasteiger partial charge on any atom is 0.276 e. The molecule has 2 heterocycles. The summed E-state index contributed by atoms with van der Waals surface area (Å²) in [6.45, 7) is 3.45. The molecule has 7 nitrogen and oxygen atoms in total. The molecule has 1 fully saturated rings. The van der Waals surface area contributed by atoms with E-state index < -0.39 is 11.7 Å². The number of hydrogen-bond donors (Lipinski definition) is 4. The lowest BCUT2D eigenvalue weighted by Gasteiger charge is -2.24. The van der Waals surface area contributed by atoms with Gasteiger partial charge in [0.15, 0.2) is 0 Å². The summed E-state index contributed by atoms with van der Waals surface area (Å²) in [5.41, 5.74) is 2.18. The van der Waals surface area contributed by atoms with Crippen LogP contribution in [0.25, 0.3) is 0 Å². The zero-order valence-electron chi connectivity index (χ0n) is 16.5. The number of nitrogens with zero attached hydrogens (tertiary/aromatic N) is 1. The van der Waals surface area contributed by atoms with Gasteiger partial charge < -0.3 is 20.9 Å². The molecule has 4 rings (SSSR count). The highest BCUT2D eigenvalue weighted by molar-refractivity contribution is 6.04. The van der Waals surface area contributed by atoms with Gasteiger partial charge in [-0.2, -0.15) is 0 Å². The Bertz CT molecular complexity index is 1080. The van der Waals surface area contributed by atoms with Gasteiger partial charge >= 0.3 is 0 Å². The van der Waals surface area contributed by atoms with Gasteiger partial charge in [0.05, 0.1) is 12.1 Å². The lowest BCUT2D eigenvalue weighted by molar-refractivity contribution is -0.115. The van der Waals surface area contributed by atoms with Gasteiger partial charge in [0.25, 0.3) is 5.91 Å². The molecule has 2 aromatic carbocycles. The molecule has 154 valence electrons. The Morgan fingerprint density at radius 3 is 2.60 bits per heavy atom. The maximum atomic E-state index is 14.2. The van der Waals surface area contributed by atoms with Crippen molar-refractivity contribution in [3.8, 4) is 0 Å². The topological polar surface area (TPSA) is 98.9 Å². The van der Waals surface area contributed by atoms with Gasteiger partial charge in [0.1, 0.15) is 17.3 Å². The van der Waals surface area contributed by atoms with Crippen LogP contribution in [-0.2, 0) is 11.2 Å². The van der Waals surface area contributed by atoms with E-state index in [0.717, 1.165) is 24.5 Å². The molecular formula is C22H22FN5O2. The van der Waals surface area contributed by atoms with E-state index in [-0.39, 0.29) is 23.9 Å². The molecule has 0 saturated carbocycles. The molecule has 1 saturated heterocycles. The summed E-state index contributed by atoms with van der Waals surface area (Å²) in [4.78, 5) is 32.5. The smallest absolute Gasteiger partial charge is 0.276 e. The van der Waals surface area contributed by atoms with Crippen molar-refractivity contribution in [2.75, 3.05) is 23.7 Å². The van der Waals surface area contributed by atoms with Crippen LogP contribution < -0.4 is 16.0 Å². The Hall–Kier alpha value is -3.52. The third-order valence-electron chi connectivity index (χ3n) is 4.99. The standard InChI is InChI=1S/C22H22FN5O2/c1-13-20(28-21(25-13)15-11-24-12-15)22(30)26-16-7-8-17(23)18(10-16)27-19(29)9-14-5-3-2-4-6-14/h2-8,10,15,24H,9,11-12H2,1H3,(H,25,28)(H,26,30)(H,27,29). The van der Waals surface area contributed by atoms with E-state index in [9.17, 15) is 14.0 Å². The van der Waals surface area contributed by atoms with Crippen molar-refractivity contribution in [3.05, 3.63) is 77.1 Å². The molecule has 8 heteroatoms. The molecule has 3 aromatic rings. The van der Waals surface area contributed by atoms with Crippen LogP contribution >= 0.6 is 0 Å². The largest absolute Gasteiger partial charge is 0.345 e. The number of H-pyrrole nitrogens is 1. The van der Waals surface area contributed by atoms with E-state index in [0.29, 0.717) is 17.1 Å². The summed E-state index contributed by atoms with van der Waals surface area (Å²) in [7, 11) is 0. The number of aryl methyl sites for hydroxylation is 1. The normalized spacial score (nSPS) is 13.5. The van der Waals surface area contributed by atoms with E-state index in [4.69, 9.17) is 0 Å². The van der Waals surface area contributed by atoms with Crippen LogP contribution in [0.2, 0.25) is 0 Å². The highest BCUT2D eigenvalue weighted by Crippen LogP contribution is 2.22. The summed E-state index contributed by atoms with van der Waals surface area (Å²) >= 11 is 0. The van der Waals surface area contributed by atoms with Crippen LogP contribution in [0.3, 0.4) is 0 Å². The number of carbonyl (C=O) groups is 2. The Kier molecular flexibility index (Phi) is 5.58. The number of aromatic amines is 1. The second-order valence-corrected chi connectivity index (χ2v) is 7.31. The summed E-state index contributed by atoms with van der Waals surface area (Å²) in [6, 6.07) is 13.2. The molecule has 0 radical (unpaired) electrons. The molecule has 0 atom stereocenters. The summed E-state index contributed by atoms with van der Waals surface area (Å²) < 4.78 is 14.2. The number of benzene rings is 2. The number of nitrogens with one attached hydrogen (secondary N) is 4. The minimum Gasteiger partial charge on any atom is -0.345 e. The molecule has 1 aromatic heterocycles. The first-order valence-electron chi connectivity index (χ1n) is 9.71. The second kappa shape index (κ2) is 8.46. The molecule has 4 N–H and O–H groups in total. The molecule has 1 aliphatic heterocycles. The molecular weight excluding hydrogens is 385 g/mol. The summed E-state index contributed by atoms with van der Waals surface area (Å²) in [6.07, 6.45) is 0.127. The second-order valence-electron chi connectivity index (χ2n) is 7.31. The Labute approximate surface area is 173 Å². The van der Waals surface area contributed by atoms with Crippen LogP contribution in [-0.4, -0.2) is 34.9 Å². The number of rotatable bonds is 6. The van der Waals surface area contributed by atoms with E-state index in [1.165, 1.54) is 18.2 Å². The number of anilines is 2. The first kappa shape index (κ1) is 19.8. The van der Waals surface area contributed by atoms with Gasteiger partial charge in [-0.25, -0.2) is 9.37 Å². The number of amides is 2. The van der Waals surface area contributed by atoms with Crippen molar-refractivity contribution in [3.63, 3.8) is 0 Å². The molecule has 30 heavy (non-hydrogen) atoms. The van der Waals surface area contributed by atoms with Gasteiger partial charge in [-0.3, -0.25) is 9.59 Å². The van der Waals surface area contributed by atoms with Crippen LogP contribution in [0.4, 0.5) is 15.8 Å². The molecule has 0 spiro atoms. The lowest BCUT2D eigenvalue weighted by atomic mass is 10.0. The number of halogens is 1. The van der Waals surface area contributed by atoms with E-state index in [2.05, 4.69) is 25.9 Å². The summed E-state index contributed by atoms with van der Waals surface area (Å²) in [5.74, 6) is -0.252. The average molecular weight is 407 g/mol. The van der Waals surface area contributed by atoms with Crippen molar-refractivity contribution in [2.24, 2.45) is 0 Å². The van der Waals surface area contributed by atoms with Crippen LogP contribution in [0.1, 0.15) is 33.5 Å². The fourth-order valence-corrected chi connectivity index (χ4v) is 3.24. The van der Waals surface area contributed by atoms with Crippen molar-refractivity contribution in [1.29, 1.82) is 0 Å². The van der Waals surface area contributed by atoms with Gasteiger partial charge in [-0.05, 0) is 30.7 Å². The monoisotopic (exact) mass is 407 g/mol. The maximum absolute atomic E-state index is 14.2. The van der Waals surface area contributed by atoms with Crippen molar-refractivity contribution in [2.45, 2.75) is 19.3 Å². The molecule has 1 aliphatic rings. The zero-order chi connectivity index (χ0) is 21.1. The van der Waals surface area contributed by atoms with Crippen LogP contribution in [0.15, 0.2) is 48.5 Å². The highest BCUT2D eigenvalue weighted by Gasteiger charge is 2.25. The third-order valence-corrected chi connectivity index (χ3v) is 4.99. The number of hydrogen-bond acceptors (Lipinski definition) is 4. The Morgan fingerprint density at radius 1 is 1.13 bits per heavy atom. The van der Waals surface area contributed by atoms with Crippen molar-refractivity contribution in [1.82, 2.24) is 15.3 Å². The third kappa shape index (κ3) is 4.38. The van der Waals surface area contributed by atoms with Gasteiger partial charge in [-0.1, -0.05) is 30.3 Å². The number of aromatic nitrogens is 2. The fourth-order valence-electron chi connectivity index (χ4n) is 3.24.